The molecule has 0 unspecified atom stereocenters. The van der Waals surface area contributed by atoms with Crippen molar-refractivity contribution in [2.75, 3.05) is 6.54 Å². The lowest BCUT2D eigenvalue weighted by Gasteiger charge is -2.22. The van der Waals surface area contributed by atoms with E-state index >= 15 is 0 Å². The Balaban J connectivity index is 2.57. The van der Waals surface area contributed by atoms with Gasteiger partial charge in [0.1, 0.15) is 0 Å². The van der Waals surface area contributed by atoms with Gasteiger partial charge < -0.3 is 15.6 Å². The summed E-state index contributed by atoms with van der Waals surface area (Å²) in [6.07, 6.45) is 0. The van der Waals surface area contributed by atoms with Gasteiger partial charge in [-0.1, -0.05) is 31.2 Å². The normalized spacial score (nSPS) is 11.2. The van der Waals surface area contributed by atoms with Crippen LogP contribution in [0.5, 0.6) is 0 Å². The second-order valence-corrected chi connectivity index (χ2v) is 4.70. The van der Waals surface area contributed by atoms with Gasteiger partial charge in [0.15, 0.2) is 0 Å². The summed E-state index contributed by atoms with van der Waals surface area (Å²) >= 11 is 4.90. The van der Waals surface area contributed by atoms with Crippen molar-refractivity contribution in [3.63, 3.8) is 0 Å². The molecule has 0 saturated heterocycles. The van der Waals surface area contributed by atoms with Crippen LogP contribution < -0.4 is 11.1 Å². The van der Waals surface area contributed by atoms with E-state index in [-0.39, 0.29) is 11.7 Å². The van der Waals surface area contributed by atoms with Crippen LogP contribution in [0.2, 0.25) is 0 Å². The molecule has 0 saturated carbocycles. The van der Waals surface area contributed by atoms with Crippen molar-refractivity contribution < 1.29 is 9.32 Å². The summed E-state index contributed by atoms with van der Waals surface area (Å²) in [4.78, 5) is 12.0. The molecule has 6 heteroatoms. The summed E-state index contributed by atoms with van der Waals surface area (Å²) in [5.41, 5.74) is 5.79. The lowest BCUT2D eigenvalue weighted by molar-refractivity contribution is 0.0908. The van der Waals surface area contributed by atoms with Crippen molar-refractivity contribution in [1.82, 2.24) is 10.5 Å². The minimum atomic E-state index is -0.417. The molecule has 88 valence electrons. The smallest absolute Gasteiger partial charge is 0.289 e. The van der Waals surface area contributed by atoms with E-state index in [9.17, 15) is 4.79 Å². The van der Waals surface area contributed by atoms with Crippen LogP contribution in [0.4, 0.5) is 0 Å². The zero-order chi connectivity index (χ0) is 12.3. The Hall–Kier alpha value is -1.43. The number of rotatable bonds is 4. The van der Waals surface area contributed by atoms with Crippen molar-refractivity contribution in [2.24, 2.45) is 11.1 Å². The molecule has 1 aromatic heterocycles. The van der Waals surface area contributed by atoms with E-state index in [1.54, 1.807) is 13.0 Å². The molecule has 1 aromatic rings. The Morgan fingerprint density at radius 1 is 1.69 bits per heavy atom. The Kier molecular flexibility index (Phi) is 3.64. The van der Waals surface area contributed by atoms with E-state index in [0.717, 1.165) is 0 Å². The molecular formula is C10H15N3O2S. The second-order valence-electron chi connectivity index (χ2n) is 4.26. The fraction of sp³-hybridized carbons (Fsp3) is 0.500. The third-order valence-electron chi connectivity index (χ3n) is 2.21. The largest absolute Gasteiger partial charge is 0.393 e. The van der Waals surface area contributed by atoms with Gasteiger partial charge >= 0.3 is 0 Å². The van der Waals surface area contributed by atoms with E-state index in [0.29, 0.717) is 17.2 Å². The summed E-state index contributed by atoms with van der Waals surface area (Å²) in [5, 5.41) is 6.32. The van der Waals surface area contributed by atoms with Crippen molar-refractivity contribution in [2.45, 2.75) is 20.8 Å². The first-order chi connectivity index (χ1) is 7.33. The number of carbonyl (C=O) groups is 1. The summed E-state index contributed by atoms with van der Waals surface area (Å²) < 4.78 is 4.83. The van der Waals surface area contributed by atoms with Crippen LogP contribution in [0.25, 0.3) is 0 Å². The Labute approximate surface area is 99.4 Å². The molecule has 1 heterocycles. The zero-order valence-corrected chi connectivity index (χ0v) is 10.4. The third-order valence-corrected chi connectivity index (χ3v) is 2.76. The number of thiocarbonyl (C=S) groups is 1. The first kappa shape index (κ1) is 12.6. The average Bonchev–Trinajstić information content (AvgIpc) is 2.61. The molecule has 1 amide bonds. The quantitative estimate of drug-likeness (QED) is 0.769. The summed E-state index contributed by atoms with van der Waals surface area (Å²) in [6, 6.07) is 1.57. The maximum atomic E-state index is 11.6. The maximum absolute atomic E-state index is 11.6. The summed E-state index contributed by atoms with van der Waals surface area (Å²) in [5.74, 6) is -0.124. The first-order valence-corrected chi connectivity index (χ1v) is 5.25. The molecule has 0 aliphatic carbocycles. The standard InChI is InChI=1S/C10H15N3O2S/c1-6-4-7(15-13-6)8(14)12-5-10(2,3)9(11)16/h4H,5H2,1-3H3,(H2,11,16)(H,12,14). The van der Waals surface area contributed by atoms with Gasteiger partial charge in [-0.25, -0.2) is 0 Å². The molecule has 0 fully saturated rings. The van der Waals surface area contributed by atoms with Gasteiger partial charge in [0.05, 0.1) is 10.7 Å². The second kappa shape index (κ2) is 4.61. The number of aromatic nitrogens is 1. The van der Waals surface area contributed by atoms with E-state index < -0.39 is 5.41 Å². The van der Waals surface area contributed by atoms with Crippen LogP contribution in [0, 0.1) is 12.3 Å². The number of hydrogen-bond acceptors (Lipinski definition) is 4. The fourth-order valence-corrected chi connectivity index (χ4v) is 1.02. The van der Waals surface area contributed by atoms with Gasteiger partial charge in [0.25, 0.3) is 5.91 Å². The molecule has 0 aromatic carbocycles. The SMILES string of the molecule is Cc1cc(C(=O)NCC(C)(C)C(N)=S)on1. The van der Waals surface area contributed by atoms with Crippen LogP contribution in [-0.2, 0) is 0 Å². The van der Waals surface area contributed by atoms with Crippen LogP contribution in [0.15, 0.2) is 10.6 Å². The van der Waals surface area contributed by atoms with Crippen molar-refractivity contribution in [3.8, 4) is 0 Å². The Morgan fingerprint density at radius 3 is 2.75 bits per heavy atom. The maximum Gasteiger partial charge on any atom is 0.289 e. The highest BCUT2D eigenvalue weighted by atomic mass is 32.1. The highest BCUT2D eigenvalue weighted by Gasteiger charge is 2.23. The summed E-state index contributed by atoms with van der Waals surface area (Å²) in [7, 11) is 0. The number of nitrogens with two attached hydrogens (primary N) is 1. The highest BCUT2D eigenvalue weighted by Crippen LogP contribution is 2.13. The van der Waals surface area contributed by atoms with Crippen molar-refractivity contribution in [1.29, 1.82) is 0 Å². The molecule has 5 nitrogen and oxygen atoms in total. The topological polar surface area (TPSA) is 81.2 Å². The minimum Gasteiger partial charge on any atom is -0.393 e. The third kappa shape index (κ3) is 3.03. The van der Waals surface area contributed by atoms with Crippen molar-refractivity contribution in [3.05, 3.63) is 17.5 Å². The number of nitrogens with zero attached hydrogens (tertiary/aromatic N) is 1. The molecule has 16 heavy (non-hydrogen) atoms. The Bertz CT molecular complexity index is 412. The molecule has 0 aliphatic rings. The molecule has 0 radical (unpaired) electrons. The van der Waals surface area contributed by atoms with Gasteiger partial charge in [-0.15, -0.1) is 0 Å². The molecule has 0 bridgehead atoms. The Morgan fingerprint density at radius 2 is 2.31 bits per heavy atom. The van der Waals surface area contributed by atoms with Gasteiger partial charge in [-0.2, -0.15) is 0 Å². The van der Waals surface area contributed by atoms with Crippen LogP contribution in [-0.4, -0.2) is 22.6 Å². The molecule has 1 rings (SSSR count). The highest BCUT2D eigenvalue weighted by molar-refractivity contribution is 7.80. The average molecular weight is 241 g/mol. The number of amides is 1. The van der Waals surface area contributed by atoms with Crippen LogP contribution >= 0.6 is 12.2 Å². The number of carbonyl (C=O) groups excluding carboxylic acids is 1. The number of hydrogen-bond donors (Lipinski definition) is 2. The van der Waals surface area contributed by atoms with E-state index in [2.05, 4.69) is 10.5 Å². The molecule has 0 spiro atoms. The zero-order valence-electron chi connectivity index (χ0n) is 9.53. The van der Waals surface area contributed by atoms with E-state index in [4.69, 9.17) is 22.5 Å². The molecular weight excluding hydrogens is 226 g/mol. The van der Waals surface area contributed by atoms with Crippen LogP contribution in [0.3, 0.4) is 0 Å². The fourth-order valence-electron chi connectivity index (χ4n) is 0.946. The van der Waals surface area contributed by atoms with E-state index in [1.165, 1.54) is 0 Å². The van der Waals surface area contributed by atoms with Crippen LogP contribution in [0.1, 0.15) is 30.1 Å². The molecule has 3 N–H and O–H groups in total. The predicted octanol–water partition coefficient (Wildman–Crippen LogP) is 1.03. The van der Waals surface area contributed by atoms with Gasteiger partial charge in [-0.05, 0) is 6.92 Å². The lowest BCUT2D eigenvalue weighted by atomic mass is 9.93. The molecule has 0 atom stereocenters. The van der Waals surface area contributed by atoms with Gasteiger partial charge in [-0.3, -0.25) is 4.79 Å². The van der Waals surface area contributed by atoms with Gasteiger partial charge in [0.2, 0.25) is 5.76 Å². The number of nitrogens with one attached hydrogen (secondary N) is 1. The minimum absolute atomic E-state index is 0.191. The predicted molar refractivity (Wildman–Crippen MR) is 64.1 cm³/mol. The van der Waals surface area contributed by atoms with Gasteiger partial charge in [0, 0.05) is 18.0 Å². The monoisotopic (exact) mass is 241 g/mol. The van der Waals surface area contributed by atoms with Crippen molar-refractivity contribution >= 4 is 23.1 Å². The first-order valence-electron chi connectivity index (χ1n) is 4.84. The summed E-state index contributed by atoms with van der Waals surface area (Å²) in [6.45, 7) is 5.84. The molecule has 0 aliphatic heterocycles. The number of aryl methyl sites for hydroxylation is 1. The lowest BCUT2D eigenvalue weighted by Crippen LogP contribution is -2.41. The van der Waals surface area contributed by atoms with E-state index in [1.807, 2.05) is 13.8 Å².